The van der Waals surface area contributed by atoms with Gasteiger partial charge in [-0.3, -0.25) is 0 Å². The van der Waals surface area contributed by atoms with Gasteiger partial charge in [0, 0.05) is 43.1 Å². The number of methoxy groups -OCH3 is 2. The second kappa shape index (κ2) is 19.3. The van der Waals surface area contributed by atoms with E-state index in [4.69, 9.17) is 18.9 Å². The first kappa shape index (κ1) is 42.9. The van der Waals surface area contributed by atoms with Crippen LogP contribution in [0.2, 0.25) is 0 Å². The molecule has 14 unspecified atom stereocenters. The molecule has 0 aromatic heterocycles. The van der Waals surface area contributed by atoms with Crippen molar-refractivity contribution in [3.63, 3.8) is 0 Å². The largest absolute Gasteiger partial charge is 0.490 e. The Morgan fingerprint density at radius 3 is 2.33 bits per heavy atom. The van der Waals surface area contributed by atoms with Gasteiger partial charge >= 0.3 is 5.97 Å². The molecule has 0 saturated carbocycles. The highest BCUT2D eigenvalue weighted by atomic mass is 16.6. The van der Waals surface area contributed by atoms with Crippen molar-refractivity contribution < 1.29 is 49.3 Å². The van der Waals surface area contributed by atoms with Crippen molar-refractivity contribution in [1.82, 2.24) is 0 Å². The number of esters is 1. The molecular weight excluding hydrogens is 628 g/mol. The molecule has 5 N–H and O–H groups in total. The van der Waals surface area contributed by atoms with Crippen LogP contribution < -0.4 is 0 Å². The fourth-order valence-electron chi connectivity index (χ4n) is 7.18. The second-order valence-corrected chi connectivity index (χ2v) is 14.4. The third kappa shape index (κ3) is 11.1. The molecule has 10 heteroatoms. The summed E-state index contributed by atoms with van der Waals surface area (Å²) in [5.41, 5.74) is 1.64. The summed E-state index contributed by atoms with van der Waals surface area (Å²) in [4.78, 5) is 13.7. The van der Waals surface area contributed by atoms with E-state index in [0.717, 1.165) is 5.57 Å². The van der Waals surface area contributed by atoms with E-state index in [2.05, 4.69) is 0 Å². The molecule has 0 amide bonds. The Hall–Kier alpha value is -2.31. The lowest BCUT2D eigenvalue weighted by Gasteiger charge is -2.47. The van der Waals surface area contributed by atoms with Crippen LogP contribution in [0.25, 0.3) is 0 Å². The van der Waals surface area contributed by atoms with E-state index < -0.39 is 66.3 Å². The van der Waals surface area contributed by atoms with Gasteiger partial charge in [-0.15, -0.1) is 0 Å². The molecule has 49 heavy (non-hydrogen) atoms. The summed E-state index contributed by atoms with van der Waals surface area (Å²) in [5, 5.41) is 56.7. The predicted octanol–water partition coefficient (Wildman–Crippen LogP) is 5.00. The highest BCUT2D eigenvalue weighted by Gasteiger charge is 2.50. The number of cyclic esters (lactones) is 1. The molecule has 0 radical (unpaired) electrons. The van der Waals surface area contributed by atoms with Gasteiger partial charge in [-0.1, -0.05) is 89.1 Å². The van der Waals surface area contributed by atoms with E-state index in [1.54, 1.807) is 45.1 Å². The molecule has 0 aromatic rings. The predicted molar refractivity (Wildman–Crippen MR) is 190 cm³/mol. The van der Waals surface area contributed by atoms with Gasteiger partial charge in [0.05, 0.1) is 37.6 Å². The molecule has 2 aliphatic heterocycles. The van der Waals surface area contributed by atoms with E-state index in [9.17, 15) is 30.3 Å². The third-order valence-electron chi connectivity index (χ3n) is 10.6. The maximum atomic E-state index is 13.7. The molecule has 1 fully saturated rings. The molecular formula is C39H64O10. The maximum absolute atomic E-state index is 13.7. The van der Waals surface area contributed by atoms with Crippen LogP contribution in [0.5, 0.6) is 0 Å². The van der Waals surface area contributed by atoms with Crippen LogP contribution in [-0.2, 0) is 23.7 Å². The Balaban J connectivity index is 2.59. The molecule has 14 atom stereocenters. The standard InChI is InChI=1S/C39H64O10/c1-12-15-31-26(7)30(40)21-39(45,49-31)28(9)36(43)27(8)37-32(46-10)17-14-16-22(3)18-24(5)34(41)29(13-2)35(42)25(6)19-23(4)20-33(47-11)38(44)48-37/h12,14-17,19-20,24-32,34-37,40-43,45H,13,18,21H2,1-11H3. The number of ether oxygens (including phenoxy) is 4. The Morgan fingerprint density at radius 1 is 1.10 bits per heavy atom. The van der Waals surface area contributed by atoms with Crippen molar-refractivity contribution in [2.45, 2.75) is 130 Å². The van der Waals surface area contributed by atoms with E-state index >= 15 is 0 Å². The summed E-state index contributed by atoms with van der Waals surface area (Å²) < 4.78 is 23.4. The van der Waals surface area contributed by atoms with Crippen LogP contribution in [0, 0.1) is 35.5 Å². The van der Waals surface area contributed by atoms with Crippen LogP contribution in [0.1, 0.15) is 81.6 Å². The highest BCUT2D eigenvalue weighted by molar-refractivity contribution is 5.87. The van der Waals surface area contributed by atoms with Gasteiger partial charge in [-0.05, 0) is 45.6 Å². The Kier molecular flexibility index (Phi) is 16.9. The Morgan fingerprint density at radius 2 is 1.76 bits per heavy atom. The third-order valence-corrected chi connectivity index (χ3v) is 10.6. The molecule has 2 rings (SSSR count). The smallest absolute Gasteiger partial charge is 0.373 e. The lowest BCUT2D eigenvalue weighted by Crippen LogP contribution is -2.58. The van der Waals surface area contributed by atoms with Crippen LogP contribution in [0.3, 0.4) is 0 Å². The van der Waals surface area contributed by atoms with Gasteiger partial charge in [0.25, 0.3) is 0 Å². The number of carbonyl (C=O) groups excluding carboxylic acids is 1. The zero-order valence-corrected chi connectivity index (χ0v) is 31.4. The average Bonchev–Trinajstić information content (AvgIpc) is 3.05. The number of aliphatic hydroxyl groups excluding tert-OH is 4. The van der Waals surface area contributed by atoms with Gasteiger partial charge in [-0.25, -0.2) is 4.79 Å². The van der Waals surface area contributed by atoms with Crippen LogP contribution in [0.4, 0.5) is 0 Å². The number of rotatable bonds is 8. The van der Waals surface area contributed by atoms with Crippen LogP contribution in [-0.4, -0.2) is 94.2 Å². The van der Waals surface area contributed by atoms with Gasteiger partial charge in [0.15, 0.2) is 5.79 Å². The van der Waals surface area contributed by atoms with Gasteiger partial charge in [0.1, 0.15) is 12.2 Å². The average molecular weight is 693 g/mol. The van der Waals surface area contributed by atoms with E-state index in [-0.39, 0.29) is 35.9 Å². The van der Waals surface area contributed by atoms with Gasteiger partial charge < -0.3 is 44.5 Å². The molecule has 10 nitrogen and oxygen atoms in total. The number of allylic oxidation sites excluding steroid dienone is 6. The van der Waals surface area contributed by atoms with Crippen molar-refractivity contribution in [1.29, 1.82) is 0 Å². The van der Waals surface area contributed by atoms with Crippen LogP contribution in [0.15, 0.2) is 59.4 Å². The number of hydrogen-bond donors (Lipinski definition) is 5. The summed E-state index contributed by atoms with van der Waals surface area (Å²) >= 11 is 0. The van der Waals surface area contributed by atoms with Crippen molar-refractivity contribution in [3.8, 4) is 0 Å². The van der Waals surface area contributed by atoms with Crippen LogP contribution >= 0.6 is 0 Å². The Labute approximate surface area is 294 Å². The summed E-state index contributed by atoms with van der Waals surface area (Å²) in [7, 11) is 2.84. The topological polar surface area (TPSA) is 155 Å². The first-order chi connectivity index (χ1) is 23.0. The fourth-order valence-corrected chi connectivity index (χ4v) is 7.18. The molecule has 2 aliphatic rings. The van der Waals surface area contributed by atoms with Crippen molar-refractivity contribution in [3.05, 3.63) is 59.4 Å². The fraction of sp³-hybridized carbons (Fsp3) is 0.718. The number of carbonyl (C=O) groups is 1. The molecule has 1 saturated heterocycles. The minimum Gasteiger partial charge on any atom is -0.490 e. The van der Waals surface area contributed by atoms with Gasteiger partial charge in [-0.2, -0.15) is 0 Å². The summed E-state index contributed by atoms with van der Waals surface area (Å²) in [6.45, 7) is 16.6. The lowest BCUT2D eigenvalue weighted by molar-refractivity contribution is -0.313. The zero-order chi connectivity index (χ0) is 37.2. The maximum Gasteiger partial charge on any atom is 0.373 e. The normalized spacial score (nSPS) is 38.0. The number of aliphatic hydroxyl groups is 5. The van der Waals surface area contributed by atoms with Crippen molar-refractivity contribution >= 4 is 5.97 Å². The van der Waals surface area contributed by atoms with E-state index in [1.807, 2.05) is 53.7 Å². The lowest BCUT2D eigenvalue weighted by atomic mass is 9.77. The molecule has 0 bridgehead atoms. The quantitative estimate of drug-likeness (QED) is 0.173. The molecule has 0 spiro atoms. The first-order valence-corrected chi connectivity index (χ1v) is 17.7. The SMILES string of the molecule is CC=CC1OC(O)(C(C)C(O)C(C)C2OC(=O)C(OC)=CC(C)=CC(C)C(O)C(CC)C(O)C(C)CC(C)=CC=CC2OC)CC(O)C1C. The second-order valence-electron chi connectivity index (χ2n) is 14.4. The highest BCUT2D eigenvalue weighted by Crippen LogP contribution is 2.40. The molecule has 280 valence electrons. The Bertz CT molecular complexity index is 1210. The van der Waals surface area contributed by atoms with Crippen molar-refractivity contribution in [2.75, 3.05) is 14.2 Å². The van der Waals surface area contributed by atoms with Gasteiger partial charge in [0.2, 0.25) is 5.76 Å². The minimum absolute atomic E-state index is 0.0906. The summed E-state index contributed by atoms with van der Waals surface area (Å²) in [6, 6.07) is 0. The van der Waals surface area contributed by atoms with E-state index in [0.29, 0.717) is 18.4 Å². The molecule has 2 heterocycles. The molecule has 0 aromatic carbocycles. The summed E-state index contributed by atoms with van der Waals surface area (Å²) in [5.74, 6) is -5.49. The summed E-state index contributed by atoms with van der Waals surface area (Å²) in [6.07, 6.45) is 7.35. The zero-order valence-electron chi connectivity index (χ0n) is 31.4. The minimum atomic E-state index is -1.86. The van der Waals surface area contributed by atoms with E-state index in [1.165, 1.54) is 20.3 Å². The van der Waals surface area contributed by atoms with Crippen molar-refractivity contribution in [2.24, 2.45) is 35.5 Å². The molecule has 0 aliphatic carbocycles. The monoisotopic (exact) mass is 692 g/mol. The first-order valence-electron chi connectivity index (χ1n) is 17.7. The number of hydrogen-bond acceptors (Lipinski definition) is 10.